The van der Waals surface area contributed by atoms with E-state index in [1.165, 1.54) is 11.3 Å². The smallest absolute Gasteiger partial charge is 0.429 e. The van der Waals surface area contributed by atoms with Crippen molar-refractivity contribution in [3.63, 3.8) is 0 Å². The fraction of sp³-hybridized carbons (Fsp3) is 0.200. The zero-order valence-corrected chi connectivity index (χ0v) is 8.13. The molecule has 2 aromatic heterocycles. The number of hydrogen-bond donors (Lipinski definition) is 0. The van der Waals surface area contributed by atoms with E-state index in [9.17, 15) is 10.1 Å². The first-order valence-corrected chi connectivity index (χ1v) is 4.95. The van der Waals surface area contributed by atoms with Gasteiger partial charge in [-0.1, -0.05) is 16.2 Å². The van der Waals surface area contributed by atoms with Gasteiger partial charge in [-0.05, 0) is 6.92 Å². The molecule has 0 N–H and O–H groups in total. The van der Waals surface area contributed by atoms with Crippen LogP contribution < -0.4 is 9.65 Å². The normalized spacial score (nSPS) is 13.3. The van der Waals surface area contributed by atoms with E-state index >= 15 is 0 Å². The van der Waals surface area contributed by atoms with E-state index < -0.39 is 0 Å². The quantitative estimate of drug-likeness (QED) is 0.400. The molecule has 0 saturated heterocycles. The Kier molecular flexibility index (Phi) is 1.85. The van der Waals surface area contributed by atoms with Crippen LogP contribution in [0, 0.1) is 17.0 Å². The Balaban J connectivity index is 2.83. The van der Waals surface area contributed by atoms with Crippen molar-refractivity contribution >= 4 is 27.8 Å². The third-order valence-corrected chi connectivity index (χ3v) is 3.54. The molecule has 0 aromatic carbocycles. The summed E-state index contributed by atoms with van der Waals surface area (Å²) >= 11 is 2.51. The fourth-order valence-electron chi connectivity index (χ4n) is 0.864. The van der Waals surface area contributed by atoms with Gasteiger partial charge in [-0.15, -0.1) is 4.91 Å². The highest BCUT2D eigenvalue weighted by atomic mass is 32.1. The minimum atomic E-state index is -0.0240. The fourth-order valence-corrected chi connectivity index (χ4v) is 2.70. The third-order valence-electron chi connectivity index (χ3n) is 1.43. The first-order valence-electron chi connectivity index (χ1n) is 3.30. The largest absolute Gasteiger partial charge is 0.688 e. The summed E-state index contributed by atoms with van der Waals surface area (Å²) in [6.45, 7) is 1.90. The molecule has 2 aromatic rings. The van der Waals surface area contributed by atoms with E-state index in [0.29, 0.717) is 4.96 Å². The number of rotatable bonds is 1. The summed E-state index contributed by atoms with van der Waals surface area (Å²) in [6, 6.07) is 0. The van der Waals surface area contributed by atoms with Crippen LogP contribution in [-0.2, 0) is 0 Å². The van der Waals surface area contributed by atoms with Crippen LogP contribution in [0.25, 0.3) is 4.96 Å². The number of thiazole rings is 1. The van der Waals surface area contributed by atoms with Crippen LogP contribution in [0.2, 0.25) is 0 Å². The molecule has 2 rings (SSSR count). The lowest BCUT2D eigenvalue weighted by molar-refractivity contribution is 0.773. The van der Waals surface area contributed by atoms with E-state index in [1.807, 2.05) is 12.3 Å². The van der Waals surface area contributed by atoms with E-state index in [1.54, 1.807) is 3.79 Å². The predicted octanol–water partition coefficient (Wildman–Crippen LogP) is 0.717. The summed E-state index contributed by atoms with van der Waals surface area (Å²) in [5, 5.41) is 14.9. The first-order chi connectivity index (χ1) is 6.22. The van der Waals surface area contributed by atoms with Gasteiger partial charge in [-0.2, -0.15) is 0 Å². The highest BCUT2D eigenvalue weighted by Gasteiger charge is 2.10. The van der Waals surface area contributed by atoms with Crippen LogP contribution in [0.4, 0.5) is 0 Å². The third kappa shape index (κ3) is 1.23. The van der Waals surface area contributed by atoms with Crippen LogP contribution in [0.3, 0.4) is 0 Å². The van der Waals surface area contributed by atoms with Gasteiger partial charge < -0.3 is 5.21 Å². The minimum Gasteiger partial charge on any atom is -0.688 e. The van der Waals surface area contributed by atoms with E-state index in [2.05, 4.69) is 10.3 Å². The van der Waals surface area contributed by atoms with Crippen LogP contribution >= 0.6 is 22.9 Å². The Morgan fingerprint density at radius 3 is 3.15 bits per heavy atom. The number of nitrogens with zero attached hydrogens (tertiary/aromatic N) is 4. The number of aromatic nitrogens is 2. The molecule has 0 unspecified atom stereocenters. The first kappa shape index (κ1) is 8.32. The van der Waals surface area contributed by atoms with E-state index in [0.717, 1.165) is 17.2 Å². The molecule has 0 aliphatic carbocycles. The molecule has 0 spiro atoms. The van der Waals surface area contributed by atoms with Crippen molar-refractivity contribution in [3.8, 4) is 0 Å². The molecule has 0 fully saturated rings. The van der Waals surface area contributed by atoms with Crippen molar-refractivity contribution in [2.45, 2.75) is 6.92 Å². The molecular formula is C5H4N4O2S2. The second-order valence-electron chi connectivity index (χ2n) is 2.29. The second-order valence-corrected chi connectivity index (χ2v) is 4.04. The minimum absolute atomic E-state index is 0.0240. The van der Waals surface area contributed by atoms with Gasteiger partial charge in [0.15, 0.2) is 5.29 Å². The van der Waals surface area contributed by atoms with Gasteiger partial charge in [-0.25, -0.2) is 3.79 Å². The van der Waals surface area contributed by atoms with Crippen molar-refractivity contribution < 1.29 is 0 Å². The lowest BCUT2D eigenvalue weighted by Gasteiger charge is -1.86. The van der Waals surface area contributed by atoms with Crippen molar-refractivity contribution in [2.75, 3.05) is 0 Å². The molecule has 0 aliphatic heterocycles. The van der Waals surface area contributed by atoms with Gasteiger partial charge in [0.1, 0.15) is 0 Å². The van der Waals surface area contributed by atoms with Crippen molar-refractivity contribution in [3.05, 3.63) is 26.0 Å². The van der Waals surface area contributed by atoms with Gasteiger partial charge in [0.05, 0.1) is 0 Å². The van der Waals surface area contributed by atoms with Gasteiger partial charge in [0.25, 0.3) is 0 Å². The van der Waals surface area contributed by atoms with Crippen molar-refractivity contribution in [1.29, 1.82) is 0 Å². The maximum Gasteiger partial charge on any atom is 0.429 e. The molecule has 0 atom stereocenters. The number of nitroso groups, excluding NO2 is 1. The number of hydrogen-bond acceptors (Lipinski definition) is 6. The summed E-state index contributed by atoms with van der Waals surface area (Å²) in [5.41, 5.74) is 0.989. The van der Waals surface area contributed by atoms with E-state index in [-0.39, 0.29) is 9.65 Å². The average molecular weight is 216 g/mol. The zero-order chi connectivity index (χ0) is 9.42. The highest BCUT2D eigenvalue weighted by molar-refractivity contribution is 7.17. The Morgan fingerprint density at radius 1 is 1.77 bits per heavy atom. The Bertz CT molecular complexity index is 522. The molecule has 2 heterocycles. The SMILES string of the molecule is Cc1csc2n/c(=[N+](\[O-])N=O)sn12. The van der Waals surface area contributed by atoms with Gasteiger partial charge in [0.2, 0.25) is 0 Å². The molecule has 0 amide bonds. The molecule has 6 nitrogen and oxygen atoms in total. The van der Waals surface area contributed by atoms with Crippen molar-refractivity contribution in [1.82, 2.24) is 13.6 Å². The maximum atomic E-state index is 10.8. The van der Waals surface area contributed by atoms with Crippen LogP contribution in [0.1, 0.15) is 5.69 Å². The van der Waals surface area contributed by atoms with Crippen LogP contribution in [0.5, 0.6) is 0 Å². The van der Waals surface area contributed by atoms with Gasteiger partial charge in [0, 0.05) is 27.6 Å². The second kappa shape index (κ2) is 2.89. The summed E-state index contributed by atoms with van der Waals surface area (Å²) in [7, 11) is 0. The molecule has 68 valence electrons. The number of fused-ring (bicyclic) bond motifs is 1. The lowest BCUT2D eigenvalue weighted by Crippen LogP contribution is -2.16. The molecule has 0 radical (unpaired) electrons. The topological polar surface area (TPSA) is 72.8 Å². The highest BCUT2D eigenvalue weighted by Crippen LogP contribution is 2.13. The Morgan fingerprint density at radius 2 is 2.54 bits per heavy atom. The van der Waals surface area contributed by atoms with Gasteiger partial charge in [-0.3, -0.25) is 0 Å². The van der Waals surface area contributed by atoms with Crippen LogP contribution in [0.15, 0.2) is 10.7 Å². The number of aryl methyl sites for hydroxylation is 1. The molecule has 0 bridgehead atoms. The zero-order valence-electron chi connectivity index (χ0n) is 6.50. The van der Waals surface area contributed by atoms with E-state index in [4.69, 9.17) is 0 Å². The van der Waals surface area contributed by atoms with Crippen LogP contribution in [-0.4, -0.2) is 8.77 Å². The lowest BCUT2D eigenvalue weighted by atomic mass is 10.6. The Hall–Kier alpha value is -1.28. The molecule has 13 heavy (non-hydrogen) atoms. The molecule has 0 aliphatic rings. The average Bonchev–Trinajstić information content (AvgIpc) is 2.67. The molecular weight excluding hydrogens is 212 g/mol. The van der Waals surface area contributed by atoms with Gasteiger partial charge >= 0.3 is 9.76 Å². The monoisotopic (exact) mass is 216 g/mol. The Labute approximate surface area is 80.1 Å². The summed E-state index contributed by atoms with van der Waals surface area (Å²) in [6.07, 6.45) is 0. The standard InChI is InChI=1S/C5H4N4O2S2/c1-3-2-12-4-6-5(9(11)7-10)13-8(3)4/h2H,1H3/b9-5+. The van der Waals surface area contributed by atoms with Crippen molar-refractivity contribution in [2.24, 2.45) is 5.29 Å². The molecule has 8 heteroatoms. The molecule has 0 saturated carbocycles. The summed E-state index contributed by atoms with van der Waals surface area (Å²) < 4.78 is 1.77. The summed E-state index contributed by atoms with van der Waals surface area (Å²) in [4.78, 5) is 14.6. The maximum absolute atomic E-state index is 10.8. The summed E-state index contributed by atoms with van der Waals surface area (Å²) in [5.74, 6) is 0. The predicted molar refractivity (Wildman–Crippen MR) is 50.1 cm³/mol.